The number of phenols is 1. The lowest BCUT2D eigenvalue weighted by Crippen LogP contribution is -2.26. The Morgan fingerprint density at radius 1 is 1.32 bits per heavy atom. The molecule has 2 N–H and O–H groups in total. The highest BCUT2D eigenvalue weighted by Gasteiger charge is 2.16. The Bertz CT molecular complexity index is 375. The van der Waals surface area contributed by atoms with Gasteiger partial charge in [-0.1, -0.05) is 38.0 Å². The molecule has 1 aromatic carbocycles. The molecule has 0 radical (unpaired) electrons. The molecule has 0 saturated heterocycles. The molecular formula is C16H25NO2. The Hall–Kier alpha value is -1.06. The molecule has 1 aliphatic rings. The van der Waals surface area contributed by atoms with Crippen molar-refractivity contribution in [3.63, 3.8) is 0 Å². The van der Waals surface area contributed by atoms with Crippen LogP contribution in [0.1, 0.15) is 50.6 Å². The van der Waals surface area contributed by atoms with E-state index < -0.39 is 0 Å². The van der Waals surface area contributed by atoms with E-state index in [2.05, 4.69) is 12.2 Å². The summed E-state index contributed by atoms with van der Waals surface area (Å²) in [5.74, 6) is 0.374. The van der Waals surface area contributed by atoms with Crippen molar-refractivity contribution < 1.29 is 9.84 Å². The molecule has 3 heteroatoms. The van der Waals surface area contributed by atoms with Crippen molar-refractivity contribution in [2.24, 2.45) is 0 Å². The van der Waals surface area contributed by atoms with E-state index in [0.717, 1.165) is 25.1 Å². The molecule has 0 amide bonds. The summed E-state index contributed by atoms with van der Waals surface area (Å²) in [6.07, 6.45) is 6.50. The minimum absolute atomic E-state index is 0.202. The van der Waals surface area contributed by atoms with Gasteiger partial charge in [0.2, 0.25) is 0 Å². The van der Waals surface area contributed by atoms with Crippen molar-refractivity contribution in [1.82, 2.24) is 5.32 Å². The first-order chi connectivity index (χ1) is 9.31. The fourth-order valence-electron chi connectivity index (χ4n) is 2.77. The van der Waals surface area contributed by atoms with E-state index >= 15 is 0 Å². The Morgan fingerprint density at radius 2 is 2.05 bits per heavy atom. The molecule has 106 valence electrons. The van der Waals surface area contributed by atoms with Gasteiger partial charge < -0.3 is 15.2 Å². The zero-order valence-electron chi connectivity index (χ0n) is 11.8. The molecule has 1 unspecified atom stereocenters. The van der Waals surface area contributed by atoms with Gasteiger partial charge in [0.05, 0.1) is 12.7 Å². The van der Waals surface area contributed by atoms with Crippen LogP contribution in [-0.4, -0.2) is 24.4 Å². The van der Waals surface area contributed by atoms with Crippen molar-refractivity contribution in [3.8, 4) is 5.75 Å². The summed E-state index contributed by atoms with van der Waals surface area (Å²) in [6.45, 7) is 3.72. The van der Waals surface area contributed by atoms with E-state index in [0.29, 0.717) is 11.9 Å². The number of ether oxygens (including phenoxy) is 1. The highest BCUT2D eigenvalue weighted by Crippen LogP contribution is 2.25. The molecule has 1 fully saturated rings. The zero-order valence-corrected chi connectivity index (χ0v) is 11.8. The summed E-state index contributed by atoms with van der Waals surface area (Å²) in [6, 6.07) is 7.75. The third-order valence-electron chi connectivity index (χ3n) is 3.87. The predicted molar refractivity (Wildman–Crippen MR) is 77.3 cm³/mol. The van der Waals surface area contributed by atoms with Crippen molar-refractivity contribution in [2.75, 3.05) is 13.2 Å². The predicted octanol–water partition coefficient (Wildman–Crippen LogP) is 3.39. The topological polar surface area (TPSA) is 41.5 Å². The second kappa shape index (κ2) is 7.51. The molecule has 0 spiro atoms. The molecule has 19 heavy (non-hydrogen) atoms. The Kier molecular flexibility index (Phi) is 5.67. The fraction of sp³-hybridized carbons (Fsp3) is 0.625. The molecule has 2 rings (SSSR count). The Labute approximate surface area is 116 Å². The van der Waals surface area contributed by atoms with Gasteiger partial charge in [-0.2, -0.15) is 0 Å². The third kappa shape index (κ3) is 4.22. The van der Waals surface area contributed by atoms with Gasteiger partial charge in [0.25, 0.3) is 0 Å². The van der Waals surface area contributed by atoms with Gasteiger partial charge in [0.15, 0.2) is 0 Å². The summed E-state index contributed by atoms with van der Waals surface area (Å²) in [4.78, 5) is 0. The molecule has 0 aliphatic heterocycles. The number of hydrogen-bond acceptors (Lipinski definition) is 3. The number of benzene rings is 1. The number of nitrogens with one attached hydrogen (secondary N) is 1. The first-order valence-corrected chi connectivity index (χ1v) is 7.44. The average Bonchev–Trinajstić information content (AvgIpc) is 2.93. The quantitative estimate of drug-likeness (QED) is 0.741. The maximum Gasteiger partial charge on any atom is 0.120 e. The monoisotopic (exact) mass is 263 g/mol. The van der Waals surface area contributed by atoms with Crippen LogP contribution in [0.15, 0.2) is 24.3 Å². The number of aromatic hydroxyl groups is 1. The highest BCUT2D eigenvalue weighted by molar-refractivity contribution is 5.34. The second-order valence-corrected chi connectivity index (χ2v) is 5.25. The fourth-order valence-corrected chi connectivity index (χ4v) is 2.77. The lowest BCUT2D eigenvalue weighted by molar-refractivity contribution is 0.0590. The number of para-hydroxylation sites is 1. The van der Waals surface area contributed by atoms with Crippen LogP contribution in [0.25, 0.3) is 0 Å². The second-order valence-electron chi connectivity index (χ2n) is 5.25. The summed E-state index contributed by atoms with van der Waals surface area (Å²) in [7, 11) is 0. The SMILES string of the molecule is CCC(NCCOC1CCCC1)c1ccccc1O. The average molecular weight is 263 g/mol. The smallest absolute Gasteiger partial charge is 0.120 e. The number of rotatable bonds is 7. The van der Waals surface area contributed by atoms with Crippen molar-refractivity contribution in [3.05, 3.63) is 29.8 Å². The summed E-state index contributed by atoms with van der Waals surface area (Å²) < 4.78 is 5.84. The third-order valence-corrected chi connectivity index (χ3v) is 3.87. The number of phenolic OH excluding ortho intramolecular Hbond substituents is 1. The molecule has 3 nitrogen and oxygen atoms in total. The zero-order chi connectivity index (χ0) is 13.5. The van der Waals surface area contributed by atoms with Crippen LogP contribution in [0.5, 0.6) is 5.75 Å². The van der Waals surface area contributed by atoms with Crippen LogP contribution in [0, 0.1) is 0 Å². The van der Waals surface area contributed by atoms with Gasteiger partial charge in [-0.15, -0.1) is 0 Å². The Morgan fingerprint density at radius 3 is 2.74 bits per heavy atom. The summed E-state index contributed by atoms with van der Waals surface area (Å²) in [5, 5.41) is 13.3. The first-order valence-electron chi connectivity index (χ1n) is 7.44. The van der Waals surface area contributed by atoms with Crippen molar-refractivity contribution >= 4 is 0 Å². The van der Waals surface area contributed by atoms with Crippen LogP contribution in [0.3, 0.4) is 0 Å². The normalized spacial score (nSPS) is 17.7. The van der Waals surface area contributed by atoms with E-state index in [9.17, 15) is 5.11 Å². The minimum Gasteiger partial charge on any atom is -0.508 e. The van der Waals surface area contributed by atoms with E-state index in [1.54, 1.807) is 6.07 Å². The van der Waals surface area contributed by atoms with E-state index in [4.69, 9.17) is 4.74 Å². The molecule has 1 aliphatic carbocycles. The van der Waals surface area contributed by atoms with Gasteiger partial charge in [-0.25, -0.2) is 0 Å². The first kappa shape index (κ1) is 14.4. The maximum atomic E-state index is 9.87. The maximum absolute atomic E-state index is 9.87. The van der Waals surface area contributed by atoms with Gasteiger partial charge in [-0.3, -0.25) is 0 Å². The van der Waals surface area contributed by atoms with Gasteiger partial charge in [-0.05, 0) is 25.3 Å². The summed E-state index contributed by atoms with van der Waals surface area (Å²) >= 11 is 0. The molecule has 0 bridgehead atoms. The lowest BCUT2D eigenvalue weighted by Gasteiger charge is -2.19. The molecule has 1 atom stereocenters. The number of hydrogen-bond donors (Lipinski definition) is 2. The van der Waals surface area contributed by atoms with Crippen LogP contribution in [0.4, 0.5) is 0 Å². The minimum atomic E-state index is 0.202. The van der Waals surface area contributed by atoms with Gasteiger partial charge in [0.1, 0.15) is 5.75 Å². The van der Waals surface area contributed by atoms with Crippen LogP contribution >= 0.6 is 0 Å². The lowest BCUT2D eigenvalue weighted by atomic mass is 10.0. The van der Waals surface area contributed by atoms with E-state index in [1.165, 1.54) is 25.7 Å². The van der Waals surface area contributed by atoms with Gasteiger partial charge in [0, 0.05) is 18.2 Å². The highest BCUT2D eigenvalue weighted by atomic mass is 16.5. The molecule has 0 heterocycles. The van der Waals surface area contributed by atoms with Crippen LogP contribution < -0.4 is 5.32 Å². The molecule has 0 aromatic heterocycles. The van der Waals surface area contributed by atoms with Gasteiger partial charge >= 0.3 is 0 Å². The van der Waals surface area contributed by atoms with Crippen molar-refractivity contribution in [1.29, 1.82) is 0 Å². The molecular weight excluding hydrogens is 238 g/mol. The molecule has 1 aromatic rings. The van der Waals surface area contributed by atoms with Crippen LogP contribution in [0.2, 0.25) is 0 Å². The van der Waals surface area contributed by atoms with E-state index in [1.807, 2.05) is 18.2 Å². The Balaban J connectivity index is 1.74. The largest absolute Gasteiger partial charge is 0.508 e. The van der Waals surface area contributed by atoms with Crippen LogP contribution in [-0.2, 0) is 4.74 Å². The standard InChI is InChI=1S/C16H25NO2/c1-2-15(14-9-5-6-10-16(14)18)17-11-12-19-13-7-3-4-8-13/h5-6,9-10,13,15,17-18H,2-4,7-8,11-12H2,1H3. The summed E-state index contributed by atoms with van der Waals surface area (Å²) in [5.41, 5.74) is 0.978. The molecule has 1 saturated carbocycles. The van der Waals surface area contributed by atoms with E-state index in [-0.39, 0.29) is 6.04 Å². The van der Waals surface area contributed by atoms with Crippen molar-refractivity contribution in [2.45, 2.75) is 51.2 Å².